The minimum absolute atomic E-state index is 0.909. The minimum Gasteiger partial charge on any atom is -0.0886 e. The maximum atomic E-state index is 5.66. The first kappa shape index (κ1) is 8.51. The lowest BCUT2D eigenvalue weighted by atomic mass is 10.2. The summed E-state index contributed by atoms with van der Waals surface area (Å²) in [5.41, 5.74) is 0. The van der Waals surface area contributed by atoms with Gasteiger partial charge in [-0.2, -0.15) is 0 Å². The van der Waals surface area contributed by atoms with Crippen LogP contribution < -0.4 is 0 Å². The van der Waals surface area contributed by atoms with Gasteiger partial charge in [-0.15, -0.1) is 0 Å². The number of allylic oxidation sites excluding steroid dienone is 1. The van der Waals surface area contributed by atoms with Crippen LogP contribution in [0, 0.1) is 0 Å². The van der Waals surface area contributed by atoms with E-state index in [4.69, 9.17) is 11.6 Å². The average molecular weight is 198 g/mol. The first-order valence-corrected chi connectivity index (χ1v) is 4.05. The summed E-state index contributed by atoms with van der Waals surface area (Å²) < 4.78 is 0. The van der Waals surface area contributed by atoms with Crippen LogP contribution in [0.2, 0.25) is 0 Å². The molecule has 0 aliphatic rings. The van der Waals surface area contributed by atoms with Crippen molar-refractivity contribution in [3.8, 4) is 0 Å². The van der Waals surface area contributed by atoms with E-state index in [-0.39, 0.29) is 0 Å². The molecule has 0 aliphatic carbocycles. The number of unbranched alkanes of at least 4 members (excludes halogenated alkanes) is 1. The fourth-order valence-electron chi connectivity index (χ4n) is 0.400. The van der Waals surface area contributed by atoms with Crippen LogP contribution >= 0.6 is 27.5 Å². The van der Waals surface area contributed by atoms with Gasteiger partial charge in [-0.05, 0) is 17.8 Å². The Kier molecular flexibility index (Phi) is 6.00. The van der Waals surface area contributed by atoms with E-state index in [1.807, 2.05) is 0 Å². The van der Waals surface area contributed by atoms with E-state index >= 15 is 0 Å². The molecule has 48 valence electrons. The van der Waals surface area contributed by atoms with Crippen LogP contribution in [0.25, 0.3) is 0 Å². The predicted molar refractivity (Wildman–Crippen MR) is 42.4 cm³/mol. The van der Waals surface area contributed by atoms with Crippen molar-refractivity contribution in [2.24, 2.45) is 0 Å². The molecule has 0 N–H and O–H groups in total. The molecular weight excluding hydrogens is 187 g/mol. The van der Waals surface area contributed by atoms with E-state index in [0.29, 0.717) is 0 Å². The van der Waals surface area contributed by atoms with Crippen LogP contribution in [0.3, 0.4) is 0 Å². The third-order valence-electron chi connectivity index (χ3n) is 0.888. The van der Waals surface area contributed by atoms with Crippen molar-refractivity contribution in [1.29, 1.82) is 0 Å². The monoisotopic (exact) mass is 196 g/mol. The molecule has 0 aromatic rings. The van der Waals surface area contributed by atoms with Crippen molar-refractivity contribution in [1.82, 2.24) is 0 Å². The molecular formula is C6H10BrCl. The highest BCUT2D eigenvalue weighted by Gasteiger charge is 1.87. The number of halogens is 2. The second kappa shape index (κ2) is 5.64. The van der Waals surface area contributed by atoms with Crippen LogP contribution in [0.1, 0.15) is 26.2 Å². The lowest BCUT2D eigenvalue weighted by Crippen LogP contribution is -1.70. The van der Waals surface area contributed by atoms with Gasteiger partial charge >= 0.3 is 0 Å². The normalized spacial score (nSPS) is 12.1. The first-order valence-electron chi connectivity index (χ1n) is 2.76. The van der Waals surface area contributed by atoms with Crippen molar-refractivity contribution in [3.05, 3.63) is 10.0 Å². The summed E-state index contributed by atoms with van der Waals surface area (Å²) >= 11 is 8.81. The Bertz CT molecular complexity index is 78.6. The third-order valence-corrected chi connectivity index (χ3v) is 2.00. The molecule has 0 amide bonds. The summed E-state index contributed by atoms with van der Waals surface area (Å²) in [4.78, 5) is 1.77. The van der Waals surface area contributed by atoms with Crippen molar-refractivity contribution in [2.75, 3.05) is 0 Å². The van der Waals surface area contributed by atoms with Gasteiger partial charge in [0.25, 0.3) is 0 Å². The summed E-state index contributed by atoms with van der Waals surface area (Å²) in [5.74, 6) is 0. The maximum absolute atomic E-state index is 5.66. The fourth-order valence-corrected chi connectivity index (χ4v) is 0.763. The van der Waals surface area contributed by atoms with Crippen molar-refractivity contribution in [2.45, 2.75) is 26.2 Å². The van der Waals surface area contributed by atoms with E-state index in [9.17, 15) is 0 Å². The molecule has 0 aromatic carbocycles. The molecule has 0 saturated heterocycles. The molecule has 0 bridgehead atoms. The first-order chi connectivity index (χ1) is 3.81. The molecule has 0 nitrogen and oxygen atoms in total. The number of hydrogen-bond donors (Lipinski definition) is 0. The van der Waals surface area contributed by atoms with E-state index in [1.165, 1.54) is 12.8 Å². The Hall–Kier alpha value is 0.510. The third kappa shape index (κ3) is 4.66. The summed E-state index contributed by atoms with van der Waals surface area (Å²) in [6, 6.07) is 0. The molecule has 0 aliphatic heterocycles. The molecule has 0 spiro atoms. The Morgan fingerprint density at radius 1 is 1.75 bits per heavy atom. The van der Waals surface area contributed by atoms with Crippen molar-refractivity contribution in [3.63, 3.8) is 0 Å². The van der Waals surface area contributed by atoms with Crippen molar-refractivity contribution < 1.29 is 0 Å². The molecule has 0 heterocycles. The summed E-state index contributed by atoms with van der Waals surface area (Å²) in [7, 11) is 0. The molecule has 2 heteroatoms. The largest absolute Gasteiger partial charge is 0.0886 e. The Morgan fingerprint density at radius 3 is 2.75 bits per heavy atom. The zero-order chi connectivity index (χ0) is 6.41. The predicted octanol–water partition coefficient (Wildman–Crippen LogP) is 3.65. The van der Waals surface area contributed by atoms with E-state index in [0.717, 1.165) is 11.5 Å². The SMILES string of the molecule is CCCC/C(Cl)=C/Br. The minimum atomic E-state index is 0.909. The molecule has 0 fully saturated rings. The van der Waals surface area contributed by atoms with E-state index in [2.05, 4.69) is 22.9 Å². The molecule has 0 unspecified atom stereocenters. The highest BCUT2D eigenvalue weighted by Crippen LogP contribution is 2.12. The van der Waals surface area contributed by atoms with Crippen LogP contribution in [0.5, 0.6) is 0 Å². The van der Waals surface area contributed by atoms with Gasteiger partial charge in [-0.25, -0.2) is 0 Å². The van der Waals surface area contributed by atoms with Crippen LogP contribution in [-0.2, 0) is 0 Å². The zero-order valence-electron chi connectivity index (χ0n) is 4.95. The number of hydrogen-bond acceptors (Lipinski definition) is 0. The van der Waals surface area contributed by atoms with Crippen LogP contribution in [-0.4, -0.2) is 0 Å². The van der Waals surface area contributed by atoms with Gasteiger partial charge in [0.1, 0.15) is 0 Å². The molecule has 0 atom stereocenters. The molecule has 8 heavy (non-hydrogen) atoms. The van der Waals surface area contributed by atoms with Gasteiger partial charge in [0.05, 0.1) is 0 Å². The topological polar surface area (TPSA) is 0 Å². The van der Waals surface area contributed by atoms with Gasteiger partial charge in [0.15, 0.2) is 0 Å². The summed E-state index contributed by atoms with van der Waals surface area (Å²) in [6.45, 7) is 2.15. The Labute approximate surface area is 64.0 Å². The zero-order valence-corrected chi connectivity index (χ0v) is 7.30. The Balaban J connectivity index is 3.12. The fraction of sp³-hybridized carbons (Fsp3) is 0.667. The van der Waals surface area contributed by atoms with Crippen LogP contribution in [0.4, 0.5) is 0 Å². The van der Waals surface area contributed by atoms with E-state index < -0.39 is 0 Å². The molecule has 0 radical (unpaired) electrons. The lowest BCUT2D eigenvalue weighted by molar-refractivity contribution is 0.808. The van der Waals surface area contributed by atoms with Crippen molar-refractivity contribution >= 4 is 27.5 Å². The lowest BCUT2D eigenvalue weighted by Gasteiger charge is -1.91. The summed E-state index contributed by atoms with van der Waals surface area (Å²) in [5, 5.41) is 0.909. The Morgan fingerprint density at radius 2 is 2.38 bits per heavy atom. The number of rotatable bonds is 3. The standard InChI is InChI=1S/C6H10BrCl/c1-2-3-4-6(8)5-7/h5H,2-4H2,1H3/b6-5-. The van der Waals surface area contributed by atoms with Gasteiger partial charge < -0.3 is 0 Å². The molecule has 0 saturated carbocycles. The highest BCUT2D eigenvalue weighted by molar-refractivity contribution is 9.11. The van der Waals surface area contributed by atoms with Gasteiger partial charge in [-0.1, -0.05) is 40.9 Å². The average Bonchev–Trinajstić information content (AvgIpc) is 1.83. The maximum Gasteiger partial charge on any atom is 0.0250 e. The van der Waals surface area contributed by atoms with Gasteiger partial charge in [0, 0.05) is 5.03 Å². The molecule has 0 rings (SSSR count). The smallest absolute Gasteiger partial charge is 0.0250 e. The van der Waals surface area contributed by atoms with Gasteiger partial charge in [0.2, 0.25) is 0 Å². The van der Waals surface area contributed by atoms with Crippen LogP contribution in [0.15, 0.2) is 10.0 Å². The molecule has 0 aromatic heterocycles. The quantitative estimate of drug-likeness (QED) is 0.648. The second-order valence-electron chi connectivity index (χ2n) is 1.66. The summed E-state index contributed by atoms with van der Waals surface area (Å²) in [6.07, 6.45) is 3.39. The van der Waals surface area contributed by atoms with E-state index in [1.54, 1.807) is 4.99 Å². The van der Waals surface area contributed by atoms with Gasteiger partial charge in [-0.3, -0.25) is 0 Å². The highest BCUT2D eigenvalue weighted by atomic mass is 79.9. The second-order valence-corrected chi connectivity index (χ2v) is 2.60.